The lowest BCUT2D eigenvalue weighted by molar-refractivity contribution is 0.297. The van der Waals surface area contributed by atoms with Crippen molar-refractivity contribution in [2.75, 3.05) is 26.2 Å². The van der Waals surface area contributed by atoms with E-state index in [4.69, 9.17) is 4.74 Å². The summed E-state index contributed by atoms with van der Waals surface area (Å²) < 4.78 is 18.7. The summed E-state index contributed by atoms with van der Waals surface area (Å²) in [4.78, 5) is 2.44. The van der Waals surface area contributed by atoms with Crippen molar-refractivity contribution >= 4 is 0 Å². The Bertz CT molecular complexity index is 612. The first-order valence-corrected chi connectivity index (χ1v) is 9.10. The van der Waals surface area contributed by atoms with Gasteiger partial charge in [0.05, 0.1) is 0 Å². The molecule has 1 N–H and O–H groups in total. The predicted molar refractivity (Wildman–Crippen MR) is 101 cm³/mol. The Hall–Kier alpha value is -1.91. The van der Waals surface area contributed by atoms with E-state index in [1.54, 1.807) is 12.1 Å². The zero-order valence-corrected chi connectivity index (χ0v) is 15.3. The van der Waals surface area contributed by atoms with Crippen LogP contribution >= 0.6 is 0 Å². The minimum atomic E-state index is -0.224. The van der Waals surface area contributed by atoms with Crippen molar-refractivity contribution in [1.29, 1.82) is 0 Å². The van der Waals surface area contributed by atoms with Crippen molar-refractivity contribution in [1.82, 2.24) is 10.2 Å². The first-order chi connectivity index (χ1) is 12.2. The largest absolute Gasteiger partial charge is 0.489 e. The Morgan fingerprint density at radius 2 is 1.76 bits per heavy atom. The molecule has 0 fully saturated rings. The molecular formula is C21H29FN2O. The molecule has 0 heterocycles. The zero-order valence-electron chi connectivity index (χ0n) is 15.3. The maximum atomic E-state index is 12.9. The molecular weight excluding hydrogens is 315 g/mol. The van der Waals surface area contributed by atoms with E-state index in [1.165, 1.54) is 17.7 Å². The molecule has 0 radical (unpaired) electrons. The number of halogens is 1. The second-order valence-corrected chi connectivity index (χ2v) is 6.12. The van der Waals surface area contributed by atoms with Gasteiger partial charge in [-0.05, 0) is 68.0 Å². The number of hydrogen-bond acceptors (Lipinski definition) is 3. The minimum absolute atomic E-state index is 0.224. The summed E-state index contributed by atoms with van der Waals surface area (Å²) >= 11 is 0. The van der Waals surface area contributed by atoms with E-state index in [-0.39, 0.29) is 5.82 Å². The molecule has 0 bridgehead atoms. The number of hydrogen-bond donors (Lipinski definition) is 1. The third kappa shape index (κ3) is 7.24. The molecule has 4 heteroatoms. The van der Waals surface area contributed by atoms with Gasteiger partial charge in [-0.25, -0.2) is 4.39 Å². The fourth-order valence-electron chi connectivity index (χ4n) is 2.69. The van der Waals surface area contributed by atoms with Gasteiger partial charge in [0, 0.05) is 6.54 Å². The molecule has 0 aliphatic carbocycles. The summed E-state index contributed by atoms with van der Waals surface area (Å²) in [7, 11) is 0. The molecule has 0 spiro atoms. The van der Waals surface area contributed by atoms with Gasteiger partial charge < -0.3 is 15.0 Å². The van der Waals surface area contributed by atoms with Crippen molar-refractivity contribution < 1.29 is 9.13 Å². The lowest BCUT2D eigenvalue weighted by Gasteiger charge is -2.17. The molecule has 2 aromatic rings. The Labute approximate surface area is 150 Å². The van der Waals surface area contributed by atoms with E-state index in [0.717, 1.165) is 50.5 Å². The van der Waals surface area contributed by atoms with Gasteiger partial charge in [-0.1, -0.05) is 38.1 Å². The molecule has 0 atom stereocenters. The molecule has 3 nitrogen and oxygen atoms in total. The quantitative estimate of drug-likeness (QED) is 0.618. The summed E-state index contributed by atoms with van der Waals surface area (Å²) in [5.41, 5.74) is 2.17. The molecule has 0 aliphatic heterocycles. The van der Waals surface area contributed by atoms with Crippen molar-refractivity contribution in [3.05, 3.63) is 65.5 Å². The van der Waals surface area contributed by atoms with Gasteiger partial charge in [0.2, 0.25) is 0 Å². The Morgan fingerprint density at radius 3 is 2.48 bits per heavy atom. The molecule has 136 valence electrons. The highest BCUT2D eigenvalue weighted by Gasteiger charge is 2.01. The van der Waals surface area contributed by atoms with Crippen LogP contribution in [0.2, 0.25) is 0 Å². The van der Waals surface area contributed by atoms with Crippen LogP contribution in [0.3, 0.4) is 0 Å². The van der Waals surface area contributed by atoms with Gasteiger partial charge >= 0.3 is 0 Å². The van der Waals surface area contributed by atoms with Crippen LogP contribution in [0.4, 0.5) is 4.39 Å². The third-order valence-electron chi connectivity index (χ3n) is 4.27. The summed E-state index contributed by atoms with van der Waals surface area (Å²) in [6.45, 7) is 10.1. The standard InChI is InChI=1S/C21H29FN2O/c1-3-24(4-2)14-6-13-23-16-19-7-5-8-21(15-19)25-17-18-9-11-20(22)12-10-18/h5,7-12,15,23H,3-4,6,13-14,16-17H2,1-2H3. The second-order valence-electron chi connectivity index (χ2n) is 6.12. The van der Waals surface area contributed by atoms with Gasteiger partial charge in [-0.15, -0.1) is 0 Å². The molecule has 2 aromatic carbocycles. The van der Waals surface area contributed by atoms with Gasteiger partial charge in [0.15, 0.2) is 0 Å². The van der Waals surface area contributed by atoms with Gasteiger partial charge in [0.25, 0.3) is 0 Å². The number of rotatable bonds is 11. The lowest BCUT2D eigenvalue weighted by atomic mass is 10.2. The van der Waals surface area contributed by atoms with Gasteiger partial charge in [0.1, 0.15) is 18.2 Å². The summed E-state index contributed by atoms with van der Waals surface area (Å²) in [6.07, 6.45) is 1.16. The monoisotopic (exact) mass is 344 g/mol. The Balaban J connectivity index is 1.72. The van der Waals surface area contributed by atoms with Crippen LogP contribution in [0.1, 0.15) is 31.4 Å². The van der Waals surface area contributed by atoms with E-state index >= 15 is 0 Å². The highest BCUT2D eigenvalue weighted by atomic mass is 19.1. The summed E-state index contributed by atoms with van der Waals surface area (Å²) in [5, 5.41) is 3.49. The number of nitrogens with zero attached hydrogens (tertiary/aromatic N) is 1. The smallest absolute Gasteiger partial charge is 0.123 e. The Morgan fingerprint density at radius 1 is 1.00 bits per heavy atom. The zero-order chi connectivity index (χ0) is 17.9. The van der Waals surface area contributed by atoms with Crippen molar-refractivity contribution in [3.8, 4) is 5.75 Å². The van der Waals surface area contributed by atoms with Crippen LogP contribution in [-0.2, 0) is 13.2 Å². The van der Waals surface area contributed by atoms with Crippen LogP contribution in [0, 0.1) is 5.82 Å². The van der Waals surface area contributed by atoms with E-state index in [9.17, 15) is 4.39 Å². The molecule has 0 aliphatic rings. The predicted octanol–water partition coefficient (Wildman–Crippen LogP) is 4.23. The lowest BCUT2D eigenvalue weighted by Crippen LogP contribution is -2.27. The number of benzene rings is 2. The number of nitrogens with one attached hydrogen (secondary N) is 1. The molecule has 0 saturated heterocycles. The average Bonchev–Trinajstić information content (AvgIpc) is 2.65. The molecule has 0 aromatic heterocycles. The normalized spacial score (nSPS) is 11.0. The van der Waals surface area contributed by atoms with Gasteiger partial charge in [-0.3, -0.25) is 0 Å². The van der Waals surface area contributed by atoms with Crippen LogP contribution in [0.15, 0.2) is 48.5 Å². The topological polar surface area (TPSA) is 24.5 Å². The summed E-state index contributed by atoms with van der Waals surface area (Å²) in [6, 6.07) is 14.5. The fourth-order valence-corrected chi connectivity index (χ4v) is 2.69. The third-order valence-corrected chi connectivity index (χ3v) is 4.27. The highest BCUT2D eigenvalue weighted by molar-refractivity contribution is 5.29. The fraction of sp³-hybridized carbons (Fsp3) is 0.429. The maximum absolute atomic E-state index is 12.9. The molecule has 25 heavy (non-hydrogen) atoms. The molecule has 0 saturated carbocycles. The van der Waals surface area contributed by atoms with Crippen LogP contribution in [-0.4, -0.2) is 31.1 Å². The number of ether oxygens (including phenoxy) is 1. The Kier molecular flexibility index (Phi) is 8.43. The second kappa shape index (κ2) is 10.9. The van der Waals surface area contributed by atoms with E-state index in [0.29, 0.717) is 6.61 Å². The SMILES string of the molecule is CCN(CC)CCCNCc1cccc(OCc2ccc(F)cc2)c1. The molecule has 2 rings (SSSR count). The minimum Gasteiger partial charge on any atom is -0.489 e. The van der Waals surface area contributed by atoms with Crippen LogP contribution in [0.25, 0.3) is 0 Å². The first kappa shape index (κ1) is 19.4. The van der Waals surface area contributed by atoms with E-state index in [1.807, 2.05) is 12.1 Å². The van der Waals surface area contributed by atoms with Crippen LogP contribution < -0.4 is 10.1 Å². The highest BCUT2D eigenvalue weighted by Crippen LogP contribution is 2.15. The first-order valence-electron chi connectivity index (χ1n) is 9.10. The van der Waals surface area contributed by atoms with Crippen molar-refractivity contribution in [2.24, 2.45) is 0 Å². The summed E-state index contributed by atoms with van der Waals surface area (Å²) in [5.74, 6) is 0.615. The van der Waals surface area contributed by atoms with Gasteiger partial charge in [-0.2, -0.15) is 0 Å². The maximum Gasteiger partial charge on any atom is 0.123 e. The van der Waals surface area contributed by atoms with Crippen LogP contribution in [0.5, 0.6) is 5.75 Å². The molecule has 0 amide bonds. The average molecular weight is 344 g/mol. The van der Waals surface area contributed by atoms with E-state index in [2.05, 4.69) is 36.2 Å². The van der Waals surface area contributed by atoms with Crippen molar-refractivity contribution in [3.63, 3.8) is 0 Å². The van der Waals surface area contributed by atoms with Crippen molar-refractivity contribution in [2.45, 2.75) is 33.4 Å². The van der Waals surface area contributed by atoms with E-state index < -0.39 is 0 Å². The molecule has 0 unspecified atom stereocenters.